The van der Waals surface area contributed by atoms with Crippen LogP contribution in [0.4, 0.5) is 5.69 Å². The second-order valence-corrected chi connectivity index (χ2v) is 4.12. The van der Waals surface area contributed by atoms with Crippen LogP contribution >= 0.6 is 15.9 Å². The number of carboxylic acid groups (broad SMARTS) is 1. The van der Waals surface area contributed by atoms with Crippen molar-refractivity contribution in [1.29, 1.82) is 0 Å². The lowest BCUT2D eigenvalue weighted by molar-refractivity contribution is -0.385. The minimum atomic E-state index is -0.973. The van der Waals surface area contributed by atoms with E-state index in [4.69, 9.17) is 5.11 Å². The number of aliphatic carboxylic acids is 1. The van der Waals surface area contributed by atoms with Gasteiger partial charge in [-0.1, -0.05) is 13.0 Å². The SMILES string of the molecule is CCC(C(=O)O)c1ccc(Br)c([N+](=O)[O-])c1. The van der Waals surface area contributed by atoms with Crippen LogP contribution in [0, 0.1) is 10.1 Å². The van der Waals surface area contributed by atoms with Crippen LogP contribution in [0.3, 0.4) is 0 Å². The van der Waals surface area contributed by atoms with Crippen LogP contribution in [0.5, 0.6) is 0 Å². The molecule has 0 aliphatic heterocycles. The zero-order valence-corrected chi connectivity index (χ0v) is 10.1. The van der Waals surface area contributed by atoms with Gasteiger partial charge in [-0.15, -0.1) is 0 Å². The van der Waals surface area contributed by atoms with Gasteiger partial charge >= 0.3 is 5.97 Å². The van der Waals surface area contributed by atoms with E-state index in [1.165, 1.54) is 12.1 Å². The van der Waals surface area contributed by atoms with E-state index >= 15 is 0 Å². The van der Waals surface area contributed by atoms with E-state index in [0.29, 0.717) is 16.5 Å². The second-order valence-electron chi connectivity index (χ2n) is 3.27. The smallest absolute Gasteiger partial charge is 0.310 e. The van der Waals surface area contributed by atoms with Gasteiger partial charge < -0.3 is 5.11 Å². The molecule has 1 atom stereocenters. The zero-order valence-electron chi connectivity index (χ0n) is 8.51. The molecule has 0 aromatic heterocycles. The fourth-order valence-corrected chi connectivity index (χ4v) is 1.83. The molecule has 5 nitrogen and oxygen atoms in total. The van der Waals surface area contributed by atoms with E-state index in [9.17, 15) is 14.9 Å². The molecule has 1 rings (SSSR count). The van der Waals surface area contributed by atoms with E-state index < -0.39 is 16.8 Å². The van der Waals surface area contributed by atoms with Crippen LogP contribution in [0.15, 0.2) is 22.7 Å². The first-order valence-corrected chi connectivity index (χ1v) is 5.43. The quantitative estimate of drug-likeness (QED) is 0.682. The Morgan fingerprint density at radius 3 is 2.69 bits per heavy atom. The van der Waals surface area contributed by atoms with Gasteiger partial charge in [0.15, 0.2) is 0 Å². The van der Waals surface area contributed by atoms with Crippen LogP contribution in [0.1, 0.15) is 24.8 Å². The summed E-state index contributed by atoms with van der Waals surface area (Å²) in [4.78, 5) is 21.1. The van der Waals surface area contributed by atoms with E-state index in [-0.39, 0.29) is 5.69 Å². The maximum Gasteiger partial charge on any atom is 0.310 e. The lowest BCUT2D eigenvalue weighted by atomic mass is 9.96. The fourth-order valence-electron chi connectivity index (χ4n) is 1.44. The number of rotatable bonds is 4. The molecule has 0 saturated carbocycles. The molecule has 0 spiro atoms. The van der Waals surface area contributed by atoms with Gasteiger partial charge in [0, 0.05) is 6.07 Å². The summed E-state index contributed by atoms with van der Waals surface area (Å²) in [5.74, 6) is -1.68. The van der Waals surface area contributed by atoms with Crippen LogP contribution < -0.4 is 0 Å². The van der Waals surface area contributed by atoms with Crippen molar-refractivity contribution >= 4 is 27.6 Å². The highest BCUT2D eigenvalue weighted by molar-refractivity contribution is 9.10. The highest BCUT2D eigenvalue weighted by Crippen LogP contribution is 2.30. The maximum atomic E-state index is 10.9. The van der Waals surface area contributed by atoms with E-state index in [0.717, 1.165) is 0 Å². The topological polar surface area (TPSA) is 80.4 Å². The van der Waals surface area contributed by atoms with Crippen molar-refractivity contribution in [3.05, 3.63) is 38.3 Å². The number of nitro benzene ring substituents is 1. The van der Waals surface area contributed by atoms with Gasteiger partial charge in [-0.3, -0.25) is 14.9 Å². The minimum Gasteiger partial charge on any atom is -0.481 e. The molecular formula is C10H10BrNO4. The zero-order chi connectivity index (χ0) is 12.3. The molecule has 0 saturated heterocycles. The molecule has 86 valence electrons. The average molecular weight is 288 g/mol. The predicted molar refractivity (Wildman–Crippen MR) is 61.5 cm³/mol. The first kappa shape index (κ1) is 12.6. The Labute approximate surface area is 100 Å². The number of hydrogen-bond acceptors (Lipinski definition) is 3. The number of nitro groups is 1. The molecule has 1 aromatic carbocycles. The lowest BCUT2D eigenvalue weighted by Crippen LogP contribution is -2.10. The molecule has 16 heavy (non-hydrogen) atoms. The third-order valence-corrected chi connectivity index (χ3v) is 2.95. The molecule has 0 bridgehead atoms. The normalized spacial score (nSPS) is 12.1. The number of hydrogen-bond donors (Lipinski definition) is 1. The number of benzene rings is 1. The minimum absolute atomic E-state index is 0.114. The molecule has 0 aliphatic carbocycles. The molecule has 0 amide bonds. The van der Waals surface area contributed by atoms with Crippen molar-refractivity contribution in [3.63, 3.8) is 0 Å². The molecular weight excluding hydrogens is 278 g/mol. The van der Waals surface area contributed by atoms with Gasteiger partial charge in [-0.25, -0.2) is 0 Å². The van der Waals surface area contributed by atoms with Crippen LogP contribution in [0.2, 0.25) is 0 Å². The van der Waals surface area contributed by atoms with E-state index in [1.807, 2.05) is 0 Å². The Morgan fingerprint density at radius 1 is 1.62 bits per heavy atom. The Balaban J connectivity index is 3.21. The van der Waals surface area contributed by atoms with Crippen molar-refractivity contribution in [2.24, 2.45) is 0 Å². The van der Waals surface area contributed by atoms with Crippen molar-refractivity contribution in [2.75, 3.05) is 0 Å². The Kier molecular flexibility index (Phi) is 4.00. The molecule has 1 N–H and O–H groups in total. The molecule has 0 radical (unpaired) electrons. The summed E-state index contributed by atoms with van der Waals surface area (Å²) in [7, 11) is 0. The van der Waals surface area contributed by atoms with Gasteiger partial charge in [-0.2, -0.15) is 0 Å². The summed E-state index contributed by atoms with van der Waals surface area (Å²) in [6.45, 7) is 1.73. The second kappa shape index (κ2) is 5.07. The first-order chi connectivity index (χ1) is 7.47. The Hall–Kier alpha value is -1.43. The van der Waals surface area contributed by atoms with Crippen molar-refractivity contribution in [2.45, 2.75) is 19.3 Å². The Morgan fingerprint density at radius 2 is 2.25 bits per heavy atom. The number of halogens is 1. The van der Waals surface area contributed by atoms with Gasteiger partial charge in [0.2, 0.25) is 0 Å². The fraction of sp³-hybridized carbons (Fsp3) is 0.300. The average Bonchev–Trinajstić information content (AvgIpc) is 2.20. The third-order valence-electron chi connectivity index (χ3n) is 2.28. The Bertz CT molecular complexity index is 433. The van der Waals surface area contributed by atoms with E-state index in [1.54, 1.807) is 13.0 Å². The van der Waals surface area contributed by atoms with Gasteiger partial charge in [-0.05, 0) is 34.0 Å². The van der Waals surface area contributed by atoms with Crippen molar-refractivity contribution in [1.82, 2.24) is 0 Å². The molecule has 6 heteroatoms. The highest BCUT2D eigenvalue weighted by Gasteiger charge is 2.21. The van der Waals surface area contributed by atoms with E-state index in [2.05, 4.69) is 15.9 Å². The van der Waals surface area contributed by atoms with Crippen LogP contribution in [-0.4, -0.2) is 16.0 Å². The maximum absolute atomic E-state index is 10.9. The lowest BCUT2D eigenvalue weighted by Gasteiger charge is -2.09. The number of carboxylic acids is 1. The summed E-state index contributed by atoms with van der Waals surface area (Å²) >= 11 is 3.05. The summed E-state index contributed by atoms with van der Waals surface area (Å²) in [6.07, 6.45) is 0.397. The summed E-state index contributed by atoms with van der Waals surface area (Å²) in [5, 5.41) is 19.6. The monoisotopic (exact) mass is 287 g/mol. The summed E-state index contributed by atoms with van der Waals surface area (Å²) in [5.41, 5.74) is 0.335. The molecule has 0 aliphatic rings. The molecule has 1 aromatic rings. The standard InChI is InChI=1S/C10H10BrNO4/c1-2-7(10(13)14)6-3-4-8(11)9(5-6)12(15)16/h3-5,7H,2H2,1H3,(H,13,14). The van der Waals surface area contributed by atoms with Gasteiger partial charge in [0.05, 0.1) is 15.3 Å². The number of nitrogens with zero attached hydrogens (tertiary/aromatic N) is 1. The highest BCUT2D eigenvalue weighted by atomic mass is 79.9. The van der Waals surface area contributed by atoms with Crippen LogP contribution in [-0.2, 0) is 4.79 Å². The number of carbonyl (C=O) groups is 1. The molecule has 0 fully saturated rings. The van der Waals surface area contributed by atoms with Crippen molar-refractivity contribution in [3.8, 4) is 0 Å². The van der Waals surface area contributed by atoms with Crippen LogP contribution in [0.25, 0.3) is 0 Å². The molecule has 0 heterocycles. The van der Waals surface area contributed by atoms with Crippen molar-refractivity contribution < 1.29 is 14.8 Å². The van der Waals surface area contributed by atoms with Gasteiger partial charge in [0.1, 0.15) is 0 Å². The summed E-state index contributed by atoms with van der Waals surface area (Å²) < 4.78 is 0.349. The predicted octanol–water partition coefficient (Wildman–Crippen LogP) is 2.94. The third kappa shape index (κ3) is 2.57. The largest absolute Gasteiger partial charge is 0.481 e. The molecule has 1 unspecified atom stereocenters. The first-order valence-electron chi connectivity index (χ1n) is 4.64. The van der Waals surface area contributed by atoms with Gasteiger partial charge in [0.25, 0.3) is 5.69 Å². The summed E-state index contributed by atoms with van der Waals surface area (Å²) in [6, 6.07) is 4.38.